The third-order valence-electron chi connectivity index (χ3n) is 5.09. The minimum Gasteiger partial charge on any atom is -0.383 e. The van der Waals surface area contributed by atoms with Crippen molar-refractivity contribution in [2.75, 3.05) is 31.8 Å². The highest BCUT2D eigenvalue weighted by atomic mass is 32.2. The van der Waals surface area contributed by atoms with Crippen molar-refractivity contribution in [1.82, 2.24) is 10.2 Å². The van der Waals surface area contributed by atoms with Crippen molar-refractivity contribution in [2.24, 2.45) is 5.92 Å². The molecule has 3 saturated heterocycles. The molecule has 4 atom stereocenters. The van der Waals surface area contributed by atoms with E-state index in [0.717, 1.165) is 19.3 Å². The summed E-state index contributed by atoms with van der Waals surface area (Å²) >= 11 is 0. The molecule has 0 saturated carbocycles. The predicted molar refractivity (Wildman–Crippen MR) is 78.7 cm³/mol. The van der Waals surface area contributed by atoms with Gasteiger partial charge in [0, 0.05) is 31.8 Å². The first-order valence-electron chi connectivity index (χ1n) is 7.76. The Kier molecular flexibility index (Phi) is 4.25. The maximum atomic E-state index is 12.9. The summed E-state index contributed by atoms with van der Waals surface area (Å²) in [6, 6.07) is 0.586. The van der Waals surface area contributed by atoms with E-state index in [-0.39, 0.29) is 35.4 Å². The normalized spacial score (nSPS) is 37.0. The predicted octanol–water partition coefficient (Wildman–Crippen LogP) is -0.211. The van der Waals surface area contributed by atoms with Crippen LogP contribution in [0.4, 0.5) is 0 Å². The summed E-state index contributed by atoms with van der Waals surface area (Å²) in [5.41, 5.74) is 0. The molecule has 21 heavy (non-hydrogen) atoms. The number of methoxy groups -OCH3 is 1. The smallest absolute Gasteiger partial charge is 0.227 e. The van der Waals surface area contributed by atoms with Gasteiger partial charge in [0.05, 0.1) is 24.0 Å². The molecular weight excluding hydrogens is 292 g/mol. The van der Waals surface area contributed by atoms with Gasteiger partial charge in [0.25, 0.3) is 0 Å². The summed E-state index contributed by atoms with van der Waals surface area (Å²) < 4.78 is 28.5. The number of nitrogens with one attached hydrogen (secondary N) is 1. The van der Waals surface area contributed by atoms with E-state index in [1.54, 1.807) is 12.0 Å². The van der Waals surface area contributed by atoms with Gasteiger partial charge >= 0.3 is 0 Å². The van der Waals surface area contributed by atoms with Crippen LogP contribution in [0.25, 0.3) is 0 Å². The molecule has 120 valence electrons. The average molecular weight is 316 g/mol. The van der Waals surface area contributed by atoms with Gasteiger partial charge < -0.3 is 15.0 Å². The van der Waals surface area contributed by atoms with Crippen LogP contribution in [0.2, 0.25) is 0 Å². The van der Waals surface area contributed by atoms with Gasteiger partial charge in [0.15, 0.2) is 9.84 Å². The van der Waals surface area contributed by atoms with Gasteiger partial charge in [-0.05, 0) is 25.7 Å². The van der Waals surface area contributed by atoms with E-state index >= 15 is 0 Å². The van der Waals surface area contributed by atoms with Crippen LogP contribution < -0.4 is 5.32 Å². The zero-order valence-corrected chi connectivity index (χ0v) is 13.3. The van der Waals surface area contributed by atoms with E-state index < -0.39 is 9.84 Å². The molecule has 1 amide bonds. The summed E-state index contributed by atoms with van der Waals surface area (Å²) in [6.45, 7) is 0.944. The molecule has 1 N–H and O–H groups in total. The van der Waals surface area contributed by atoms with Crippen LogP contribution in [-0.4, -0.2) is 69.1 Å². The lowest BCUT2D eigenvalue weighted by Crippen LogP contribution is -2.48. The molecule has 4 unspecified atom stereocenters. The van der Waals surface area contributed by atoms with Crippen LogP contribution in [0, 0.1) is 5.92 Å². The van der Waals surface area contributed by atoms with E-state index in [0.29, 0.717) is 25.6 Å². The number of carbonyl (C=O) groups excluding carboxylic acids is 1. The summed E-state index contributed by atoms with van der Waals surface area (Å²) in [4.78, 5) is 14.7. The molecule has 0 radical (unpaired) electrons. The Bertz CT molecular complexity index is 507. The van der Waals surface area contributed by atoms with Crippen LogP contribution in [0.1, 0.15) is 25.7 Å². The fraction of sp³-hybridized carbons (Fsp3) is 0.929. The van der Waals surface area contributed by atoms with Gasteiger partial charge in [0.2, 0.25) is 5.91 Å². The molecule has 3 fully saturated rings. The van der Waals surface area contributed by atoms with Crippen LogP contribution in [0.3, 0.4) is 0 Å². The van der Waals surface area contributed by atoms with E-state index in [9.17, 15) is 13.2 Å². The molecule has 3 heterocycles. The minimum atomic E-state index is -2.98. The Morgan fingerprint density at radius 2 is 2.14 bits per heavy atom. The highest BCUT2D eigenvalue weighted by Gasteiger charge is 2.46. The molecule has 2 bridgehead atoms. The van der Waals surface area contributed by atoms with Gasteiger partial charge in [-0.3, -0.25) is 4.79 Å². The molecule has 3 aliphatic heterocycles. The molecule has 0 aliphatic carbocycles. The van der Waals surface area contributed by atoms with Gasteiger partial charge in [0.1, 0.15) is 0 Å². The minimum absolute atomic E-state index is 0.0175. The lowest BCUT2D eigenvalue weighted by molar-refractivity contribution is -0.138. The number of fused-ring (bicyclic) bond motifs is 2. The van der Waals surface area contributed by atoms with E-state index in [1.807, 2.05) is 0 Å². The number of nitrogens with zero attached hydrogens (tertiary/aromatic N) is 1. The first-order valence-corrected chi connectivity index (χ1v) is 9.58. The lowest BCUT2D eigenvalue weighted by Gasteiger charge is -2.32. The fourth-order valence-electron chi connectivity index (χ4n) is 3.99. The summed E-state index contributed by atoms with van der Waals surface area (Å²) in [7, 11) is -1.38. The lowest BCUT2D eigenvalue weighted by atomic mass is 9.87. The number of carbonyl (C=O) groups is 1. The van der Waals surface area contributed by atoms with E-state index in [4.69, 9.17) is 4.74 Å². The van der Waals surface area contributed by atoms with Crippen molar-refractivity contribution in [1.29, 1.82) is 0 Å². The van der Waals surface area contributed by atoms with Gasteiger partial charge in [-0.1, -0.05) is 0 Å². The number of ether oxygens (including phenoxy) is 1. The van der Waals surface area contributed by atoms with Crippen molar-refractivity contribution in [2.45, 2.75) is 43.8 Å². The maximum Gasteiger partial charge on any atom is 0.227 e. The zero-order valence-electron chi connectivity index (χ0n) is 12.5. The second kappa shape index (κ2) is 5.85. The highest BCUT2D eigenvalue weighted by molar-refractivity contribution is 7.91. The Labute approximate surface area is 126 Å². The van der Waals surface area contributed by atoms with E-state index in [1.165, 1.54) is 0 Å². The Morgan fingerprint density at radius 1 is 1.33 bits per heavy atom. The quantitative estimate of drug-likeness (QED) is 0.759. The fourth-order valence-corrected chi connectivity index (χ4v) is 5.72. The molecule has 3 rings (SSSR count). The average Bonchev–Trinajstić information content (AvgIpc) is 3.14. The second-order valence-electron chi connectivity index (χ2n) is 6.47. The van der Waals surface area contributed by atoms with E-state index in [2.05, 4.69) is 5.32 Å². The van der Waals surface area contributed by atoms with Crippen molar-refractivity contribution in [3.8, 4) is 0 Å². The highest BCUT2D eigenvalue weighted by Crippen LogP contribution is 2.35. The molecule has 0 aromatic rings. The largest absolute Gasteiger partial charge is 0.383 e. The molecule has 0 aromatic heterocycles. The topological polar surface area (TPSA) is 75.7 Å². The molecule has 0 aromatic carbocycles. The van der Waals surface area contributed by atoms with Gasteiger partial charge in [-0.15, -0.1) is 0 Å². The first kappa shape index (κ1) is 15.2. The standard InChI is InChI=1S/C14H24N2O4S/c1-20-6-5-16(11-4-7-21(18,19)9-11)14(17)12-8-10-2-3-13(12)15-10/h10-13,15H,2-9H2,1H3. The third-order valence-corrected chi connectivity index (χ3v) is 6.84. The molecule has 7 heteroatoms. The number of rotatable bonds is 5. The zero-order chi connectivity index (χ0) is 15.0. The van der Waals surface area contributed by atoms with Crippen LogP contribution >= 0.6 is 0 Å². The monoisotopic (exact) mass is 316 g/mol. The summed E-state index contributed by atoms with van der Waals surface area (Å²) in [6.07, 6.45) is 3.67. The number of sulfone groups is 1. The number of hydrogen-bond donors (Lipinski definition) is 1. The van der Waals surface area contributed by atoms with Crippen molar-refractivity contribution >= 4 is 15.7 Å². The van der Waals surface area contributed by atoms with Crippen LogP contribution in [0.5, 0.6) is 0 Å². The first-order chi connectivity index (χ1) is 10.00. The number of hydrogen-bond acceptors (Lipinski definition) is 5. The van der Waals surface area contributed by atoms with Crippen molar-refractivity contribution < 1.29 is 17.9 Å². The SMILES string of the molecule is COCCN(C(=O)C1CC2CCC1N2)C1CCS(=O)(=O)C1. The van der Waals surface area contributed by atoms with Crippen molar-refractivity contribution in [3.63, 3.8) is 0 Å². The molecule has 0 spiro atoms. The summed E-state index contributed by atoms with van der Waals surface area (Å²) in [5, 5.41) is 3.48. The van der Waals surface area contributed by atoms with Gasteiger partial charge in [-0.25, -0.2) is 8.42 Å². The third kappa shape index (κ3) is 3.10. The second-order valence-corrected chi connectivity index (χ2v) is 8.70. The molecule has 6 nitrogen and oxygen atoms in total. The van der Waals surface area contributed by atoms with Crippen molar-refractivity contribution in [3.05, 3.63) is 0 Å². The summed E-state index contributed by atoms with van der Waals surface area (Å²) in [5.74, 6) is 0.442. The van der Waals surface area contributed by atoms with Gasteiger partial charge in [-0.2, -0.15) is 0 Å². The Hall–Kier alpha value is -0.660. The Balaban J connectivity index is 1.71. The maximum absolute atomic E-state index is 12.9. The van der Waals surface area contributed by atoms with Crippen LogP contribution in [-0.2, 0) is 19.4 Å². The molecular formula is C14H24N2O4S. The van der Waals surface area contributed by atoms with Crippen LogP contribution in [0.15, 0.2) is 0 Å². The molecule has 3 aliphatic rings. The number of amides is 1. The Morgan fingerprint density at radius 3 is 2.67 bits per heavy atom.